The van der Waals surface area contributed by atoms with E-state index in [0.29, 0.717) is 17.1 Å². The van der Waals surface area contributed by atoms with Crippen molar-refractivity contribution in [2.24, 2.45) is 5.73 Å². The second kappa shape index (κ2) is 5.65. The second-order valence-electron chi connectivity index (χ2n) is 4.31. The van der Waals surface area contributed by atoms with Gasteiger partial charge < -0.3 is 16.8 Å². The summed E-state index contributed by atoms with van der Waals surface area (Å²) in [5.41, 5.74) is 11.0. The first-order valence-electron chi connectivity index (χ1n) is 5.86. The molecule has 1 aromatic carbocycles. The SMILES string of the molecule is NC(=O)c1sc(NCc2ccc(C(F)(F)F)cc2)cc1N. The van der Waals surface area contributed by atoms with E-state index < -0.39 is 17.6 Å². The minimum atomic E-state index is -4.34. The van der Waals surface area contributed by atoms with Gasteiger partial charge in [0.25, 0.3) is 5.91 Å². The van der Waals surface area contributed by atoms with E-state index in [1.54, 1.807) is 6.07 Å². The lowest BCUT2D eigenvalue weighted by molar-refractivity contribution is -0.137. The Morgan fingerprint density at radius 1 is 1.24 bits per heavy atom. The summed E-state index contributed by atoms with van der Waals surface area (Å²) in [4.78, 5) is 11.3. The molecule has 2 aromatic rings. The van der Waals surface area contributed by atoms with E-state index >= 15 is 0 Å². The van der Waals surface area contributed by atoms with Crippen molar-refractivity contribution in [3.05, 3.63) is 46.3 Å². The molecule has 1 amide bonds. The fourth-order valence-corrected chi connectivity index (χ4v) is 2.51. The molecule has 2 rings (SSSR count). The number of hydrogen-bond acceptors (Lipinski definition) is 4. The maximum Gasteiger partial charge on any atom is 0.416 e. The van der Waals surface area contributed by atoms with Gasteiger partial charge in [-0.25, -0.2) is 0 Å². The molecule has 21 heavy (non-hydrogen) atoms. The molecule has 4 nitrogen and oxygen atoms in total. The minimum absolute atomic E-state index is 0.255. The first-order valence-corrected chi connectivity index (χ1v) is 6.68. The van der Waals surface area contributed by atoms with Crippen LogP contribution in [0.4, 0.5) is 23.9 Å². The zero-order valence-electron chi connectivity index (χ0n) is 10.7. The average Bonchev–Trinajstić information content (AvgIpc) is 2.77. The van der Waals surface area contributed by atoms with Gasteiger partial charge in [-0.05, 0) is 23.8 Å². The summed E-state index contributed by atoms with van der Waals surface area (Å²) in [6, 6.07) is 6.39. The first-order chi connectivity index (χ1) is 9.77. The second-order valence-corrected chi connectivity index (χ2v) is 5.36. The molecule has 0 unspecified atom stereocenters. The topological polar surface area (TPSA) is 81.1 Å². The van der Waals surface area contributed by atoms with Gasteiger partial charge in [0, 0.05) is 6.54 Å². The molecule has 0 radical (unpaired) electrons. The van der Waals surface area contributed by atoms with Crippen LogP contribution in [0, 0.1) is 0 Å². The number of nitrogen functional groups attached to an aromatic ring is 1. The van der Waals surface area contributed by atoms with Gasteiger partial charge in [0.15, 0.2) is 0 Å². The van der Waals surface area contributed by atoms with E-state index in [-0.39, 0.29) is 10.6 Å². The number of benzene rings is 1. The number of nitrogens with one attached hydrogen (secondary N) is 1. The van der Waals surface area contributed by atoms with E-state index in [1.807, 2.05) is 0 Å². The highest BCUT2D eigenvalue weighted by atomic mass is 32.1. The Balaban J connectivity index is 2.03. The number of amides is 1. The fourth-order valence-electron chi connectivity index (χ4n) is 1.69. The highest BCUT2D eigenvalue weighted by molar-refractivity contribution is 7.18. The van der Waals surface area contributed by atoms with E-state index in [0.717, 1.165) is 23.5 Å². The number of halogens is 3. The number of carbonyl (C=O) groups excluding carboxylic acids is 1. The number of carbonyl (C=O) groups is 1. The number of nitrogens with two attached hydrogens (primary N) is 2. The summed E-state index contributed by atoms with van der Waals surface area (Å²) in [5, 5.41) is 3.61. The molecule has 0 bridgehead atoms. The van der Waals surface area contributed by atoms with Crippen molar-refractivity contribution in [1.82, 2.24) is 0 Å². The zero-order chi connectivity index (χ0) is 15.6. The summed E-state index contributed by atoms with van der Waals surface area (Å²) in [6.45, 7) is 0.316. The van der Waals surface area contributed by atoms with Crippen LogP contribution in [-0.4, -0.2) is 5.91 Å². The van der Waals surface area contributed by atoms with Crippen LogP contribution in [0.1, 0.15) is 20.8 Å². The van der Waals surface area contributed by atoms with Crippen LogP contribution in [-0.2, 0) is 12.7 Å². The quantitative estimate of drug-likeness (QED) is 0.811. The number of rotatable bonds is 4. The standard InChI is InChI=1S/C13H12F3N3OS/c14-13(15,16)8-3-1-7(2-4-8)6-19-10-5-9(17)11(21-10)12(18)20/h1-5,19H,6,17H2,(H2,18,20). The molecule has 8 heteroatoms. The number of alkyl halides is 3. The Bertz CT molecular complexity index is 650. The van der Waals surface area contributed by atoms with Gasteiger partial charge >= 0.3 is 6.18 Å². The summed E-state index contributed by atoms with van der Waals surface area (Å²) < 4.78 is 37.3. The number of hydrogen-bond donors (Lipinski definition) is 3. The molecule has 0 fully saturated rings. The molecule has 0 spiro atoms. The zero-order valence-corrected chi connectivity index (χ0v) is 11.5. The molecule has 0 saturated heterocycles. The maximum absolute atomic E-state index is 12.4. The van der Waals surface area contributed by atoms with Crippen LogP contribution in [0.5, 0.6) is 0 Å². The Hall–Kier alpha value is -2.22. The summed E-state index contributed by atoms with van der Waals surface area (Å²) in [6.07, 6.45) is -4.34. The van der Waals surface area contributed by atoms with E-state index in [2.05, 4.69) is 5.32 Å². The van der Waals surface area contributed by atoms with Crippen LogP contribution in [0.25, 0.3) is 0 Å². The average molecular weight is 315 g/mol. The highest BCUT2D eigenvalue weighted by Crippen LogP contribution is 2.30. The van der Waals surface area contributed by atoms with Gasteiger partial charge in [-0.3, -0.25) is 4.79 Å². The van der Waals surface area contributed by atoms with Crippen LogP contribution in [0.2, 0.25) is 0 Å². The summed E-state index contributed by atoms with van der Waals surface area (Å²) in [7, 11) is 0. The predicted octanol–water partition coefficient (Wildman–Crippen LogP) is 3.06. The largest absolute Gasteiger partial charge is 0.416 e. The van der Waals surface area contributed by atoms with Gasteiger partial charge in [0.1, 0.15) is 4.88 Å². The molecule has 0 aliphatic rings. The molecule has 1 aromatic heterocycles. The van der Waals surface area contributed by atoms with Crippen LogP contribution in [0.15, 0.2) is 30.3 Å². The highest BCUT2D eigenvalue weighted by Gasteiger charge is 2.29. The van der Waals surface area contributed by atoms with Gasteiger partial charge in [0.05, 0.1) is 16.3 Å². The lowest BCUT2D eigenvalue weighted by Gasteiger charge is -2.08. The van der Waals surface area contributed by atoms with E-state index in [1.165, 1.54) is 12.1 Å². The van der Waals surface area contributed by atoms with Crippen molar-refractivity contribution in [2.45, 2.75) is 12.7 Å². The molecular formula is C13H12F3N3OS. The van der Waals surface area contributed by atoms with Crippen molar-refractivity contribution in [3.63, 3.8) is 0 Å². The van der Waals surface area contributed by atoms with Crippen LogP contribution < -0.4 is 16.8 Å². The molecule has 0 aliphatic heterocycles. The lowest BCUT2D eigenvalue weighted by atomic mass is 10.1. The monoisotopic (exact) mass is 315 g/mol. The van der Waals surface area contributed by atoms with Gasteiger partial charge in [0.2, 0.25) is 0 Å². The van der Waals surface area contributed by atoms with Crippen molar-refractivity contribution in [1.29, 1.82) is 0 Å². The van der Waals surface area contributed by atoms with Crippen LogP contribution >= 0.6 is 11.3 Å². The van der Waals surface area contributed by atoms with E-state index in [9.17, 15) is 18.0 Å². The molecule has 112 valence electrons. The summed E-state index contributed by atoms with van der Waals surface area (Å²) >= 11 is 1.10. The third-order valence-electron chi connectivity index (χ3n) is 2.73. The Morgan fingerprint density at radius 3 is 2.33 bits per heavy atom. The van der Waals surface area contributed by atoms with Gasteiger partial charge in [-0.15, -0.1) is 11.3 Å². The van der Waals surface area contributed by atoms with Crippen molar-refractivity contribution in [3.8, 4) is 0 Å². The third kappa shape index (κ3) is 3.66. The van der Waals surface area contributed by atoms with Crippen molar-refractivity contribution < 1.29 is 18.0 Å². The Kier molecular flexibility index (Phi) is 4.08. The fraction of sp³-hybridized carbons (Fsp3) is 0.154. The molecule has 0 aliphatic carbocycles. The van der Waals surface area contributed by atoms with Crippen molar-refractivity contribution >= 4 is 27.9 Å². The smallest absolute Gasteiger partial charge is 0.397 e. The summed E-state index contributed by atoms with van der Waals surface area (Å²) in [5.74, 6) is -0.611. The molecule has 1 heterocycles. The molecule has 0 atom stereocenters. The minimum Gasteiger partial charge on any atom is -0.397 e. The third-order valence-corrected chi connectivity index (χ3v) is 3.86. The number of primary amides is 1. The number of anilines is 2. The van der Waals surface area contributed by atoms with Gasteiger partial charge in [-0.2, -0.15) is 13.2 Å². The lowest BCUT2D eigenvalue weighted by Crippen LogP contribution is -2.10. The van der Waals surface area contributed by atoms with Crippen molar-refractivity contribution in [2.75, 3.05) is 11.1 Å². The first kappa shape index (κ1) is 15.2. The Morgan fingerprint density at radius 2 is 1.86 bits per heavy atom. The Labute approximate surface area is 122 Å². The predicted molar refractivity (Wildman–Crippen MR) is 76.0 cm³/mol. The molecule has 5 N–H and O–H groups in total. The van der Waals surface area contributed by atoms with Gasteiger partial charge in [-0.1, -0.05) is 12.1 Å². The molecular weight excluding hydrogens is 303 g/mol. The van der Waals surface area contributed by atoms with Crippen LogP contribution in [0.3, 0.4) is 0 Å². The maximum atomic E-state index is 12.4. The number of thiophene rings is 1. The normalized spacial score (nSPS) is 11.4. The van der Waals surface area contributed by atoms with E-state index in [4.69, 9.17) is 11.5 Å². The molecule has 0 saturated carbocycles.